The molecule has 5 heteroatoms. The molecule has 0 radical (unpaired) electrons. The molecule has 2 aromatic rings. The largest absolute Gasteiger partial charge is 0.454 e. The van der Waals surface area contributed by atoms with Crippen molar-refractivity contribution in [1.82, 2.24) is 0 Å². The minimum absolute atomic E-state index is 0.137. The van der Waals surface area contributed by atoms with Crippen molar-refractivity contribution in [3.8, 4) is 23.3 Å². The lowest BCUT2D eigenvalue weighted by Gasteiger charge is -2.53. The van der Waals surface area contributed by atoms with Gasteiger partial charge in [-0.25, -0.2) is 0 Å². The molecule has 0 saturated heterocycles. The summed E-state index contributed by atoms with van der Waals surface area (Å²) in [5.41, 5.74) is 5.99. The van der Waals surface area contributed by atoms with Gasteiger partial charge in [0.2, 0.25) is 6.79 Å². The van der Waals surface area contributed by atoms with E-state index in [0.29, 0.717) is 24.7 Å². The molecular formula is C35H37NO4. The third-order valence-corrected chi connectivity index (χ3v) is 10.5. The van der Waals surface area contributed by atoms with Gasteiger partial charge in [0.15, 0.2) is 17.3 Å². The highest BCUT2D eigenvalue weighted by atomic mass is 16.7. The number of anilines is 1. The van der Waals surface area contributed by atoms with Crippen molar-refractivity contribution < 1.29 is 19.4 Å². The van der Waals surface area contributed by atoms with Crippen LogP contribution < -0.4 is 14.4 Å². The molecule has 2 aromatic carbocycles. The van der Waals surface area contributed by atoms with E-state index in [-0.39, 0.29) is 23.9 Å². The maximum absolute atomic E-state index is 12.3. The number of allylic oxidation sites excluding steroid dienone is 4. The van der Waals surface area contributed by atoms with Crippen LogP contribution in [0.15, 0.2) is 65.3 Å². The van der Waals surface area contributed by atoms with Crippen LogP contribution in [0.3, 0.4) is 0 Å². The summed E-state index contributed by atoms with van der Waals surface area (Å²) in [7, 11) is 4.06. The van der Waals surface area contributed by atoms with Gasteiger partial charge in [-0.3, -0.25) is 4.79 Å². The molecule has 1 aliphatic heterocycles. The third-order valence-electron chi connectivity index (χ3n) is 10.5. The average molecular weight is 536 g/mol. The molecule has 0 unspecified atom stereocenters. The van der Waals surface area contributed by atoms with Crippen molar-refractivity contribution in [3.05, 3.63) is 76.4 Å². The zero-order valence-electron chi connectivity index (χ0n) is 23.6. The van der Waals surface area contributed by atoms with Crippen molar-refractivity contribution in [1.29, 1.82) is 0 Å². The molecule has 5 nitrogen and oxygen atoms in total. The molecule has 0 bridgehead atoms. The quantitative estimate of drug-likeness (QED) is 0.467. The van der Waals surface area contributed by atoms with E-state index in [1.165, 1.54) is 22.3 Å². The van der Waals surface area contributed by atoms with Gasteiger partial charge in [-0.1, -0.05) is 30.4 Å². The number of carbonyl (C=O) groups is 1. The van der Waals surface area contributed by atoms with E-state index in [9.17, 15) is 9.90 Å². The lowest BCUT2D eigenvalue weighted by molar-refractivity contribution is -0.114. The van der Waals surface area contributed by atoms with Crippen LogP contribution in [0.25, 0.3) is 0 Å². The van der Waals surface area contributed by atoms with Crippen LogP contribution in [0.2, 0.25) is 0 Å². The van der Waals surface area contributed by atoms with E-state index in [2.05, 4.69) is 47.9 Å². The maximum atomic E-state index is 12.3. The number of nitrogens with zero attached hydrogens (tertiary/aromatic N) is 1. The fourth-order valence-corrected chi connectivity index (χ4v) is 8.32. The summed E-state index contributed by atoms with van der Waals surface area (Å²) >= 11 is 0. The van der Waals surface area contributed by atoms with Gasteiger partial charge in [0.1, 0.15) is 5.60 Å². The fourth-order valence-electron chi connectivity index (χ4n) is 8.32. The molecule has 40 heavy (non-hydrogen) atoms. The minimum atomic E-state index is -1.07. The van der Waals surface area contributed by atoms with Crippen LogP contribution in [0.1, 0.15) is 68.9 Å². The molecule has 2 fully saturated rings. The zero-order chi connectivity index (χ0) is 27.6. The van der Waals surface area contributed by atoms with Crippen molar-refractivity contribution in [2.45, 2.75) is 63.4 Å². The van der Waals surface area contributed by atoms with Crippen LogP contribution in [0.5, 0.6) is 11.5 Å². The first kappa shape index (κ1) is 25.5. The molecule has 206 valence electrons. The Kier molecular flexibility index (Phi) is 5.91. The Labute approximate surface area is 236 Å². The number of carbonyl (C=O) groups excluding carboxylic acids is 1. The predicted molar refractivity (Wildman–Crippen MR) is 155 cm³/mol. The van der Waals surface area contributed by atoms with Crippen LogP contribution in [-0.4, -0.2) is 37.4 Å². The first-order valence-corrected chi connectivity index (χ1v) is 14.6. The van der Waals surface area contributed by atoms with E-state index < -0.39 is 5.60 Å². The second kappa shape index (κ2) is 9.28. The number of benzene rings is 2. The number of ether oxygens (including phenoxy) is 2. The molecule has 0 spiro atoms. The normalized spacial score (nSPS) is 31.9. The number of ketones is 1. The van der Waals surface area contributed by atoms with Gasteiger partial charge in [0, 0.05) is 43.1 Å². The van der Waals surface area contributed by atoms with Gasteiger partial charge in [0.05, 0.1) is 0 Å². The van der Waals surface area contributed by atoms with E-state index in [1.54, 1.807) is 0 Å². The van der Waals surface area contributed by atoms with E-state index in [0.717, 1.165) is 54.9 Å². The summed E-state index contributed by atoms with van der Waals surface area (Å²) in [6.07, 6.45) is 7.76. The highest BCUT2D eigenvalue weighted by Gasteiger charge is 2.62. The first-order chi connectivity index (χ1) is 19.3. The van der Waals surface area contributed by atoms with Crippen LogP contribution in [0, 0.1) is 29.1 Å². The number of hydrogen-bond donors (Lipinski definition) is 1. The van der Waals surface area contributed by atoms with Crippen molar-refractivity contribution >= 4 is 11.5 Å². The van der Waals surface area contributed by atoms with Crippen LogP contribution in [-0.2, 0) is 4.79 Å². The molecular weight excluding hydrogens is 498 g/mol. The Morgan fingerprint density at radius 2 is 1.80 bits per heavy atom. The number of hydrogen-bond acceptors (Lipinski definition) is 5. The standard InChI is InChI=1S/C35H37NO4/c1-34-20-29(24-7-13-31-32(19-24)40-21-39-31)33-27-12-10-26(37)18-23(27)6-11-28(33)30(34)15-17-35(34,38)16-14-22-4-8-25(9-5-22)36(2)3/h4-5,7-9,13,18-19,28-30,38H,6,10-12,15,17,20-21H2,1-3H3/t28-,29+,30-,34-,35-/m0/s1. The Morgan fingerprint density at radius 3 is 2.60 bits per heavy atom. The molecule has 0 amide bonds. The second-order valence-electron chi connectivity index (χ2n) is 12.7. The van der Waals surface area contributed by atoms with E-state index in [4.69, 9.17) is 9.47 Å². The van der Waals surface area contributed by atoms with Gasteiger partial charge in [-0.15, -0.1) is 0 Å². The summed E-state index contributed by atoms with van der Waals surface area (Å²) < 4.78 is 11.4. The summed E-state index contributed by atoms with van der Waals surface area (Å²) in [5, 5.41) is 12.3. The molecule has 5 atom stereocenters. The van der Waals surface area contributed by atoms with Gasteiger partial charge < -0.3 is 19.5 Å². The first-order valence-electron chi connectivity index (χ1n) is 14.6. The molecule has 5 aliphatic rings. The van der Waals surface area contributed by atoms with Crippen molar-refractivity contribution in [3.63, 3.8) is 0 Å². The molecule has 1 heterocycles. The summed E-state index contributed by atoms with van der Waals surface area (Å²) in [5.74, 6) is 9.46. The third kappa shape index (κ3) is 3.91. The van der Waals surface area contributed by atoms with Gasteiger partial charge >= 0.3 is 0 Å². The minimum Gasteiger partial charge on any atom is -0.454 e. The molecule has 4 aliphatic carbocycles. The maximum Gasteiger partial charge on any atom is 0.231 e. The van der Waals surface area contributed by atoms with Crippen LogP contribution in [0.4, 0.5) is 5.69 Å². The Bertz CT molecular complexity index is 1510. The molecule has 0 aromatic heterocycles. The zero-order valence-corrected chi connectivity index (χ0v) is 23.6. The lowest BCUT2D eigenvalue weighted by atomic mass is 9.51. The monoisotopic (exact) mass is 535 g/mol. The summed E-state index contributed by atoms with van der Waals surface area (Å²) in [6, 6.07) is 14.6. The summed E-state index contributed by atoms with van der Waals surface area (Å²) in [6.45, 7) is 2.53. The highest BCUT2D eigenvalue weighted by Crippen LogP contribution is 2.66. The van der Waals surface area contributed by atoms with Crippen LogP contribution >= 0.6 is 0 Å². The lowest BCUT2D eigenvalue weighted by Crippen LogP contribution is -2.51. The Balaban J connectivity index is 1.31. The molecule has 2 saturated carbocycles. The van der Waals surface area contributed by atoms with E-state index in [1.807, 2.05) is 38.4 Å². The van der Waals surface area contributed by atoms with Crippen molar-refractivity contribution in [2.24, 2.45) is 17.3 Å². The van der Waals surface area contributed by atoms with Crippen molar-refractivity contribution in [2.75, 3.05) is 25.8 Å². The molecule has 7 rings (SSSR count). The van der Waals surface area contributed by atoms with E-state index >= 15 is 0 Å². The fraction of sp³-hybridized carbons (Fsp3) is 0.457. The second-order valence-corrected chi connectivity index (χ2v) is 12.7. The SMILES string of the molecule is CN(C)c1ccc(C#C[C@]2(O)CC[C@H]3[C@@H]4CCC5=CC(=O)CCC5=C4[C@@H](c4ccc5c(c4)OCO5)C[C@@]32C)cc1. The number of aliphatic hydroxyl groups is 1. The van der Waals surface area contributed by atoms with Gasteiger partial charge in [-0.05, 0) is 110 Å². The number of fused-ring (bicyclic) bond motifs is 5. The Hall–Kier alpha value is -3.49. The highest BCUT2D eigenvalue weighted by molar-refractivity contribution is 5.93. The van der Waals surface area contributed by atoms with Gasteiger partial charge in [-0.2, -0.15) is 0 Å². The smallest absolute Gasteiger partial charge is 0.231 e. The average Bonchev–Trinajstić information content (AvgIpc) is 3.53. The topological polar surface area (TPSA) is 59.0 Å². The predicted octanol–water partition coefficient (Wildman–Crippen LogP) is 6.16. The van der Waals surface area contributed by atoms with Gasteiger partial charge in [0.25, 0.3) is 0 Å². The molecule has 1 N–H and O–H groups in total. The summed E-state index contributed by atoms with van der Waals surface area (Å²) in [4.78, 5) is 14.4. The number of rotatable bonds is 2. The Morgan fingerprint density at radius 1 is 1.00 bits per heavy atom.